The average Bonchev–Trinajstić information content (AvgIpc) is 2.84. The predicted octanol–water partition coefficient (Wildman–Crippen LogP) is 4.84. The highest BCUT2D eigenvalue weighted by Crippen LogP contribution is 2.29. The van der Waals surface area contributed by atoms with E-state index >= 15 is 0 Å². The monoisotopic (exact) mass is 440 g/mol. The molecule has 0 bridgehead atoms. The summed E-state index contributed by atoms with van der Waals surface area (Å²) in [7, 11) is 0. The van der Waals surface area contributed by atoms with Crippen LogP contribution in [-0.2, 0) is 4.79 Å². The Morgan fingerprint density at radius 3 is 2.59 bits per heavy atom. The fourth-order valence-electron chi connectivity index (χ4n) is 1.85. The van der Waals surface area contributed by atoms with Gasteiger partial charge in [0.25, 0.3) is 5.91 Å². The molecule has 3 rings (SSSR count). The van der Waals surface area contributed by atoms with E-state index in [4.69, 9.17) is 11.6 Å². The van der Waals surface area contributed by atoms with Gasteiger partial charge in [-0.15, -0.1) is 0 Å². The smallest absolute Gasteiger partial charge is 0.264 e. The van der Waals surface area contributed by atoms with Crippen molar-refractivity contribution in [1.82, 2.24) is 5.32 Å². The molecule has 2 aromatic rings. The number of hydrogen-bond acceptors (Lipinski definition) is 3. The maximum atomic E-state index is 12.0. The van der Waals surface area contributed by atoms with E-state index in [9.17, 15) is 4.79 Å². The molecular formula is C16H10ClIN2OS. The molecule has 1 aliphatic heterocycles. The standard InChI is InChI=1S/C16H10ClIN2OS/c17-13-4-2-1-3-10(13)9-14-15(21)20-16(22-14)19-12-7-5-11(18)6-8-12/h1-9H,(H,19,20,21)/b14-9+. The van der Waals surface area contributed by atoms with Gasteiger partial charge < -0.3 is 5.32 Å². The summed E-state index contributed by atoms with van der Waals surface area (Å²) in [4.78, 5) is 17.0. The number of amidine groups is 1. The average molecular weight is 441 g/mol. The van der Waals surface area contributed by atoms with Crippen molar-refractivity contribution in [2.75, 3.05) is 0 Å². The summed E-state index contributed by atoms with van der Waals surface area (Å²) in [6, 6.07) is 15.2. The molecule has 1 heterocycles. The van der Waals surface area contributed by atoms with Crippen molar-refractivity contribution in [2.45, 2.75) is 0 Å². The van der Waals surface area contributed by atoms with Gasteiger partial charge in [0.05, 0.1) is 10.6 Å². The summed E-state index contributed by atoms with van der Waals surface area (Å²) in [6.45, 7) is 0. The second-order valence-electron chi connectivity index (χ2n) is 4.48. The van der Waals surface area contributed by atoms with Crippen molar-refractivity contribution >= 4 is 68.8 Å². The molecule has 6 heteroatoms. The van der Waals surface area contributed by atoms with Crippen molar-refractivity contribution in [2.24, 2.45) is 4.99 Å². The fourth-order valence-corrected chi connectivity index (χ4v) is 3.23. The Hall–Kier alpha value is -1.31. The maximum Gasteiger partial charge on any atom is 0.264 e. The lowest BCUT2D eigenvalue weighted by Crippen LogP contribution is -2.19. The molecule has 0 radical (unpaired) electrons. The summed E-state index contributed by atoms with van der Waals surface area (Å²) in [6.07, 6.45) is 1.78. The van der Waals surface area contributed by atoms with E-state index in [0.717, 1.165) is 14.8 Å². The lowest BCUT2D eigenvalue weighted by atomic mass is 10.2. The first kappa shape index (κ1) is 15.6. The van der Waals surface area contributed by atoms with E-state index in [0.29, 0.717) is 15.1 Å². The number of carbonyl (C=O) groups is 1. The lowest BCUT2D eigenvalue weighted by Gasteiger charge is -1.97. The summed E-state index contributed by atoms with van der Waals surface area (Å²) in [5.74, 6) is -0.158. The molecule has 110 valence electrons. The Balaban J connectivity index is 1.84. The van der Waals surface area contributed by atoms with Crippen LogP contribution >= 0.6 is 46.0 Å². The van der Waals surface area contributed by atoms with Gasteiger partial charge >= 0.3 is 0 Å². The van der Waals surface area contributed by atoms with E-state index < -0.39 is 0 Å². The molecule has 1 saturated heterocycles. The summed E-state index contributed by atoms with van der Waals surface area (Å²) < 4.78 is 1.14. The van der Waals surface area contributed by atoms with E-state index in [1.807, 2.05) is 42.5 Å². The van der Waals surface area contributed by atoms with E-state index in [2.05, 4.69) is 32.9 Å². The molecular weight excluding hydrogens is 431 g/mol. The number of aliphatic imine (C=N–C) groups is 1. The van der Waals surface area contributed by atoms with Crippen LogP contribution in [-0.4, -0.2) is 11.1 Å². The Kier molecular flexibility index (Phi) is 4.85. The van der Waals surface area contributed by atoms with Crippen LogP contribution < -0.4 is 5.32 Å². The van der Waals surface area contributed by atoms with Crippen LogP contribution in [0.3, 0.4) is 0 Å². The van der Waals surface area contributed by atoms with Gasteiger partial charge in [0.2, 0.25) is 0 Å². The van der Waals surface area contributed by atoms with E-state index in [1.54, 1.807) is 12.1 Å². The minimum atomic E-state index is -0.158. The SMILES string of the molecule is O=C1NC(=Nc2ccc(I)cc2)S/C1=C/c1ccccc1Cl. The molecule has 1 fully saturated rings. The van der Waals surface area contributed by atoms with Crippen LogP contribution in [0.2, 0.25) is 5.02 Å². The molecule has 0 saturated carbocycles. The van der Waals surface area contributed by atoms with Crippen LogP contribution in [0.4, 0.5) is 5.69 Å². The Bertz CT molecular complexity index is 787. The first-order valence-corrected chi connectivity index (χ1v) is 8.69. The minimum Gasteiger partial charge on any atom is -0.300 e. The highest BCUT2D eigenvalue weighted by atomic mass is 127. The van der Waals surface area contributed by atoms with Gasteiger partial charge in [-0.3, -0.25) is 4.79 Å². The predicted molar refractivity (Wildman–Crippen MR) is 101 cm³/mol. The third-order valence-electron chi connectivity index (χ3n) is 2.90. The first-order chi connectivity index (χ1) is 10.6. The van der Waals surface area contributed by atoms with Crippen molar-refractivity contribution in [1.29, 1.82) is 0 Å². The number of hydrogen-bond donors (Lipinski definition) is 1. The zero-order chi connectivity index (χ0) is 15.5. The van der Waals surface area contributed by atoms with Crippen LogP contribution in [0, 0.1) is 3.57 Å². The van der Waals surface area contributed by atoms with E-state index in [1.165, 1.54) is 11.8 Å². The molecule has 2 aromatic carbocycles. The summed E-state index contributed by atoms with van der Waals surface area (Å²) in [5, 5.41) is 3.96. The molecule has 0 unspecified atom stereocenters. The van der Waals surface area contributed by atoms with Gasteiger partial charge in [-0.2, -0.15) is 0 Å². The number of nitrogens with zero attached hydrogens (tertiary/aromatic N) is 1. The minimum absolute atomic E-state index is 0.158. The van der Waals surface area contributed by atoms with Crippen molar-refractivity contribution in [3.8, 4) is 0 Å². The molecule has 1 amide bonds. The van der Waals surface area contributed by atoms with Gasteiger partial charge in [0, 0.05) is 8.59 Å². The van der Waals surface area contributed by atoms with Crippen molar-refractivity contribution in [3.05, 3.63) is 67.6 Å². The number of halogens is 2. The van der Waals surface area contributed by atoms with Crippen LogP contribution in [0.1, 0.15) is 5.56 Å². The van der Waals surface area contributed by atoms with Gasteiger partial charge in [0.1, 0.15) is 0 Å². The topological polar surface area (TPSA) is 41.5 Å². The molecule has 0 spiro atoms. The second-order valence-corrected chi connectivity index (χ2v) is 7.16. The van der Waals surface area contributed by atoms with Crippen LogP contribution in [0.25, 0.3) is 6.08 Å². The normalized spacial score (nSPS) is 18.0. The number of thioether (sulfide) groups is 1. The number of nitrogens with one attached hydrogen (secondary N) is 1. The second kappa shape index (κ2) is 6.85. The van der Waals surface area contributed by atoms with Gasteiger partial charge in [-0.05, 0) is 76.3 Å². The summed E-state index contributed by atoms with van der Waals surface area (Å²) >= 11 is 9.66. The Labute approximate surface area is 151 Å². The molecule has 3 nitrogen and oxygen atoms in total. The number of amides is 1. The van der Waals surface area contributed by atoms with E-state index in [-0.39, 0.29) is 5.91 Å². The Morgan fingerprint density at radius 1 is 1.14 bits per heavy atom. The highest BCUT2D eigenvalue weighted by Gasteiger charge is 2.23. The van der Waals surface area contributed by atoms with Gasteiger partial charge in [-0.25, -0.2) is 4.99 Å². The zero-order valence-electron chi connectivity index (χ0n) is 11.2. The van der Waals surface area contributed by atoms with Gasteiger partial charge in [-0.1, -0.05) is 29.8 Å². The third-order valence-corrected chi connectivity index (χ3v) is 4.87. The fraction of sp³-hybridized carbons (Fsp3) is 0. The van der Waals surface area contributed by atoms with Crippen LogP contribution in [0.5, 0.6) is 0 Å². The number of benzene rings is 2. The lowest BCUT2D eigenvalue weighted by molar-refractivity contribution is -0.115. The maximum absolute atomic E-state index is 12.0. The number of carbonyl (C=O) groups excluding carboxylic acids is 1. The molecule has 0 atom stereocenters. The Morgan fingerprint density at radius 2 is 1.86 bits per heavy atom. The van der Waals surface area contributed by atoms with Crippen molar-refractivity contribution in [3.63, 3.8) is 0 Å². The van der Waals surface area contributed by atoms with Gasteiger partial charge in [0.15, 0.2) is 5.17 Å². The van der Waals surface area contributed by atoms with Crippen LogP contribution in [0.15, 0.2) is 58.4 Å². The summed E-state index contributed by atoms with van der Waals surface area (Å²) in [5.41, 5.74) is 1.62. The number of rotatable bonds is 2. The zero-order valence-corrected chi connectivity index (χ0v) is 14.9. The van der Waals surface area contributed by atoms with Crippen molar-refractivity contribution < 1.29 is 4.79 Å². The molecule has 1 N–H and O–H groups in total. The first-order valence-electron chi connectivity index (χ1n) is 6.41. The molecule has 22 heavy (non-hydrogen) atoms. The largest absolute Gasteiger partial charge is 0.300 e. The highest BCUT2D eigenvalue weighted by molar-refractivity contribution is 14.1. The molecule has 0 aliphatic carbocycles. The molecule has 1 aliphatic rings. The molecule has 0 aromatic heterocycles. The quantitative estimate of drug-likeness (QED) is 0.536. The third kappa shape index (κ3) is 3.71.